The molecule has 5 nitrogen and oxygen atoms in total. The zero-order valence-electron chi connectivity index (χ0n) is 15.7. The van der Waals surface area contributed by atoms with Crippen molar-refractivity contribution in [1.29, 1.82) is 0 Å². The first-order valence-electron chi connectivity index (χ1n) is 9.46. The van der Waals surface area contributed by atoms with Gasteiger partial charge in [-0.1, -0.05) is 25.2 Å². The van der Waals surface area contributed by atoms with Gasteiger partial charge in [-0.3, -0.25) is 9.89 Å². The van der Waals surface area contributed by atoms with Gasteiger partial charge in [0.1, 0.15) is 5.75 Å². The molecule has 0 unspecified atom stereocenters. The van der Waals surface area contributed by atoms with Gasteiger partial charge >= 0.3 is 0 Å². The maximum absolute atomic E-state index is 13.1. The van der Waals surface area contributed by atoms with Gasteiger partial charge in [-0.25, -0.2) is 9.50 Å². The molecular formula is C22H23N3O2. The van der Waals surface area contributed by atoms with Crippen LogP contribution in [0.3, 0.4) is 0 Å². The first-order chi connectivity index (χ1) is 13.1. The summed E-state index contributed by atoms with van der Waals surface area (Å²) in [6.07, 6.45) is 7.61. The Morgan fingerprint density at radius 3 is 2.70 bits per heavy atom. The minimum atomic E-state index is -0.199. The second-order valence-electron chi connectivity index (χ2n) is 7.23. The second kappa shape index (κ2) is 6.96. The van der Waals surface area contributed by atoms with Crippen molar-refractivity contribution in [3.05, 3.63) is 51.6 Å². The molecule has 2 heterocycles. The highest BCUT2D eigenvalue weighted by molar-refractivity contribution is 5.71. The zero-order chi connectivity index (χ0) is 19.0. The lowest BCUT2D eigenvalue weighted by atomic mass is 9.84. The molecule has 27 heavy (non-hydrogen) atoms. The Kier molecular flexibility index (Phi) is 4.49. The lowest BCUT2D eigenvalue weighted by Gasteiger charge is -2.21. The fourth-order valence-electron chi connectivity index (χ4n) is 4.19. The molecule has 2 aromatic heterocycles. The lowest BCUT2D eigenvalue weighted by molar-refractivity contribution is 0.444. The summed E-state index contributed by atoms with van der Waals surface area (Å²) in [5.41, 5.74) is 4.23. The third-order valence-electron chi connectivity index (χ3n) is 5.46. The first-order valence-corrected chi connectivity index (χ1v) is 9.46. The number of aryl methyl sites for hydroxylation is 1. The van der Waals surface area contributed by atoms with Crippen LogP contribution < -0.4 is 5.56 Å². The number of fused-ring (bicyclic) bond motifs is 1. The number of nitrogens with one attached hydrogen (secondary N) is 1. The van der Waals surface area contributed by atoms with Crippen LogP contribution in [0, 0.1) is 18.8 Å². The summed E-state index contributed by atoms with van der Waals surface area (Å²) in [4.78, 5) is 17.7. The molecule has 1 aliphatic carbocycles. The molecule has 1 fully saturated rings. The van der Waals surface area contributed by atoms with Crippen LogP contribution in [-0.4, -0.2) is 19.7 Å². The molecule has 138 valence electrons. The van der Waals surface area contributed by atoms with Crippen LogP contribution in [0.15, 0.2) is 29.2 Å². The van der Waals surface area contributed by atoms with Crippen LogP contribution in [0.2, 0.25) is 0 Å². The van der Waals surface area contributed by atoms with Gasteiger partial charge in [-0.05, 0) is 50.8 Å². The predicted molar refractivity (Wildman–Crippen MR) is 106 cm³/mol. The van der Waals surface area contributed by atoms with Crippen molar-refractivity contribution in [2.45, 2.75) is 51.9 Å². The van der Waals surface area contributed by atoms with E-state index in [2.05, 4.69) is 21.9 Å². The Balaban J connectivity index is 1.84. The Morgan fingerprint density at radius 2 is 2.00 bits per heavy atom. The summed E-state index contributed by atoms with van der Waals surface area (Å²) in [6.45, 7) is 3.75. The van der Waals surface area contributed by atoms with Crippen LogP contribution in [-0.2, 0) is 0 Å². The molecule has 0 aliphatic heterocycles. The summed E-state index contributed by atoms with van der Waals surface area (Å²) in [5.74, 6) is 6.19. The maximum atomic E-state index is 13.1. The third-order valence-corrected chi connectivity index (χ3v) is 5.46. The average Bonchev–Trinajstić information content (AvgIpc) is 3.01. The first kappa shape index (κ1) is 17.4. The monoisotopic (exact) mass is 361 g/mol. The van der Waals surface area contributed by atoms with Crippen molar-refractivity contribution >= 4 is 5.65 Å². The fourth-order valence-corrected chi connectivity index (χ4v) is 4.19. The summed E-state index contributed by atoms with van der Waals surface area (Å²) >= 11 is 0. The summed E-state index contributed by atoms with van der Waals surface area (Å²) in [5, 5.41) is 13.6. The molecule has 0 radical (unpaired) electrons. The van der Waals surface area contributed by atoms with Gasteiger partial charge in [0.15, 0.2) is 5.65 Å². The molecule has 1 saturated carbocycles. The van der Waals surface area contributed by atoms with Crippen molar-refractivity contribution in [2.75, 3.05) is 0 Å². The van der Waals surface area contributed by atoms with E-state index in [0.717, 1.165) is 24.1 Å². The minimum absolute atomic E-state index is 0.0323. The molecule has 0 atom stereocenters. The molecule has 1 aromatic carbocycles. The largest absolute Gasteiger partial charge is 0.507 e. The number of aromatic amines is 1. The topological polar surface area (TPSA) is 70.4 Å². The van der Waals surface area contributed by atoms with Crippen LogP contribution in [0.5, 0.6) is 5.75 Å². The molecule has 1 aliphatic rings. The molecule has 4 rings (SSSR count). The number of aromatic nitrogens is 3. The summed E-state index contributed by atoms with van der Waals surface area (Å²) in [6, 6.07) is 5.10. The van der Waals surface area contributed by atoms with E-state index < -0.39 is 0 Å². The Labute approximate surface area is 158 Å². The zero-order valence-corrected chi connectivity index (χ0v) is 15.7. The number of aromatic hydroxyl groups is 1. The van der Waals surface area contributed by atoms with Crippen molar-refractivity contribution in [1.82, 2.24) is 14.6 Å². The molecule has 0 amide bonds. The number of hydrogen-bond acceptors (Lipinski definition) is 3. The number of phenols is 1. The molecule has 3 aromatic rings. The van der Waals surface area contributed by atoms with Gasteiger partial charge in [-0.2, -0.15) is 0 Å². The smallest absolute Gasteiger partial charge is 0.280 e. The SMILES string of the molecule is CC#Cc1ccc(-c2cnc3c(C4CCCCC4)c(C)[nH]n3c2=O)c(O)c1. The highest BCUT2D eigenvalue weighted by atomic mass is 16.3. The number of hydrogen-bond donors (Lipinski definition) is 2. The van der Waals surface area contributed by atoms with Crippen molar-refractivity contribution < 1.29 is 5.11 Å². The number of H-pyrrole nitrogens is 1. The minimum Gasteiger partial charge on any atom is -0.507 e. The standard InChI is InChI=1S/C22H23N3O2/c1-3-7-15-10-11-17(19(26)12-15)18-13-23-21-20(16-8-5-4-6-9-16)14(2)24-25(21)22(18)27/h10-13,16,24,26H,4-6,8-9H2,1-2H3. The Bertz CT molecular complexity index is 1120. The van der Waals surface area contributed by atoms with Crippen molar-refractivity contribution in [2.24, 2.45) is 0 Å². The van der Waals surface area contributed by atoms with E-state index >= 15 is 0 Å². The highest BCUT2D eigenvalue weighted by Crippen LogP contribution is 2.36. The van der Waals surface area contributed by atoms with Crippen LogP contribution in [0.4, 0.5) is 0 Å². The van der Waals surface area contributed by atoms with Gasteiger partial charge in [0.2, 0.25) is 0 Å². The van der Waals surface area contributed by atoms with E-state index in [-0.39, 0.29) is 11.3 Å². The van der Waals surface area contributed by atoms with Crippen LogP contribution in [0.1, 0.15) is 61.8 Å². The predicted octanol–water partition coefficient (Wildman–Crippen LogP) is 4.12. The quantitative estimate of drug-likeness (QED) is 0.675. The molecule has 0 bridgehead atoms. The number of benzene rings is 1. The Morgan fingerprint density at radius 1 is 1.22 bits per heavy atom. The number of nitrogens with zero attached hydrogens (tertiary/aromatic N) is 2. The Hall–Kier alpha value is -3.00. The summed E-state index contributed by atoms with van der Waals surface area (Å²) < 4.78 is 1.52. The summed E-state index contributed by atoms with van der Waals surface area (Å²) in [7, 11) is 0. The average molecular weight is 361 g/mol. The number of rotatable bonds is 2. The fraction of sp³-hybridized carbons (Fsp3) is 0.364. The van der Waals surface area contributed by atoms with Crippen molar-refractivity contribution in [3.63, 3.8) is 0 Å². The van der Waals surface area contributed by atoms with Crippen molar-refractivity contribution in [3.8, 4) is 28.7 Å². The van der Waals surface area contributed by atoms with Gasteiger partial charge in [0.25, 0.3) is 5.56 Å². The van der Waals surface area contributed by atoms with Gasteiger partial charge < -0.3 is 5.11 Å². The van der Waals surface area contributed by atoms with E-state index in [1.807, 2.05) is 6.92 Å². The number of phenolic OH excluding ortho intramolecular Hbond substituents is 1. The van der Waals surface area contributed by atoms with Crippen LogP contribution in [0.25, 0.3) is 16.8 Å². The van der Waals surface area contributed by atoms with E-state index in [1.165, 1.54) is 23.8 Å². The maximum Gasteiger partial charge on any atom is 0.280 e. The molecule has 0 spiro atoms. The third kappa shape index (κ3) is 3.02. The molecular weight excluding hydrogens is 338 g/mol. The normalized spacial score (nSPS) is 14.9. The lowest BCUT2D eigenvalue weighted by Crippen LogP contribution is -2.17. The molecule has 5 heteroatoms. The van der Waals surface area contributed by atoms with E-state index in [0.29, 0.717) is 28.3 Å². The molecule has 2 N–H and O–H groups in total. The highest BCUT2D eigenvalue weighted by Gasteiger charge is 2.24. The second-order valence-corrected chi connectivity index (χ2v) is 7.23. The van der Waals surface area contributed by atoms with Gasteiger partial charge in [0.05, 0.1) is 5.56 Å². The van der Waals surface area contributed by atoms with Crippen LogP contribution >= 0.6 is 0 Å². The molecule has 0 saturated heterocycles. The van der Waals surface area contributed by atoms with Gasteiger partial charge in [-0.15, -0.1) is 5.92 Å². The van der Waals surface area contributed by atoms with Gasteiger partial charge in [0, 0.05) is 28.6 Å². The van der Waals surface area contributed by atoms with E-state index in [4.69, 9.17) is 0 Å². The van der Waals surface area contributed by atoms with E-state index in [9.17, 15) is 9.90 Å². The van der Waals surface area contributed by atoms with E-state index in [1.54, 1.807) is 31.3 Å².